The summed E-state index contributed by atoms with van der Waals surface area (Å²) in [5.41, 5.74) is 3.54. The first-order valence-electron chi connectivity index (χ1n) is 7.89. The van der Waals surface area contributed by atoms with Crippen LogP contribution >= 0.6 is 0 Å². The summed E-state index contributed by atoms with van der Waals surface area (Å²) in [5.74, 6) is 0.895. The Kier molecular flexibility index (Phi) is 4.95. The van der Waals surface area contributed by atoms with E-state index in [-0.39, 0.29) is 5.91 Å². The molecular formula is C20H19N3O2. The third-order valence-corrected chi connectivity index (χ3v) is 3.64. The summed E-state index contributed by atoms with van der Waals surface area (Å²) < 4.78 is 5.13. The second kappa shape index (κ2) is 7.49. The topological polar surface area (TPSA) is 63.2 Å². The van der Waals surface area contributed by atoms with Crippen molar-refractivity contribution in [3.8, 4) is 5.75 Å². The molecule has 0 bridgehead atoms. The molecule has 0 spiro atoms. The van der Waals surface area contributed by atoms with Crippen LogP contribution in [0.15, 0.2) is 66.9 Å². The van der Waals surface area contributed by atoms with Crippen molar-refractivity contribution in [3.63, 3.8) is 0 Å². The lowest BCUT2D eigenvalue weighted by molar-refractivity contribution is 0.102. The molecule has 1 aromatic heterocycles. The van der Waals surface area contributed by atoms with Crippen LogP contribution in [0, 0.1) is 6.92 Å². The third kappa shape index (κ3) is 4.35. The molecule has 0 aliphatic heterocycles. The van der Waals surface area contributed by atoms with Gasteiger partial charge in [0.2, 0.25) is 0 Å². The van der Waals surface area contributed by atoms with E-state index >= 15 is 0 Å². The normalized spacial score (nSPS) is 10.2. The molecule has 0 saturated heterocycles. The highest BCUT2D eigenvalue weighted by Gasteiger charge is 2.08. The van der Waals surface area contributed by atoms with E-state index in [2.05, 4.69) is 21.7 Å². The van der Waals surface area contributed by atoms with E-state index in [9.17, 15) is 4.79 Å². The van der Waals surface area contributed by atoms with E-state index < -0.39 is 0 Å². The molecule has 2 aromatic carbocycles. The monoisotopic (exact) mass is 333 g/mol. The lowest BCUT2D eigenvalue weighted by Gasteiger charge is -2.09. The standard InChI is InChI=1S/C20H19N3O2/c1-14-5-3-7-16(11-14)22-17-9-10-19(21-13-17)23-20(24)15-6-4-8-18(12-15)25-2/h3-13,22H,1-2H3,(H,21,23,24). The number of anilines is 3. The van der Waals surface area contributed by atoms with Gasteiger partial charge in [0.15, 0.2) is 0 Å². The number of ether oxygens (including phenoxy) is 1. The van der Waals surface area contributed by atoms with Crippen molar-refractivity contribution in [1.82, 2.24) is 4.98 Å². The fourth-order valence-electron chi connectivity index (χ4n) is 2.38. The first-order valence-corrected chi connectivity index (χ1v) is 7.89. The van der Waals surface area contributed by atoms with Crippen LogP contribution in [0.4, 0.5) is 17.2 Å². The maximum atomic E-state index is 12.3. The van der Waals surface area contributed by atoms with Gasteiger partial charge in [-0.1, -0.05) is 18.2 Å². The van der Waals surface area contributed by atoms with Crippen LogP contribution in [0.3, 0.4) is 0 Å². The molecular weight excluding hydrogens is 314 g/mol. The zero-order valence-electron chi connectivity index (χ0n) is 14.1. The van der Waals surface area contributed by atoms with Gasteiger partial charge in [-0.3, -0.25) is 4.79 Å². The minimum absolute atomic E-state index is 0.231. The van der Waals surface area contributed by atoms with Crippen LogP contribution in [0.25, 0.3) is 0 Å². The smallest absolute Gasteiger partial charge is 0.256 e. The fourth-order valence-corrected chi connectivity index (χ4v) is 2.38. The number of hydrogen-bond acceptors (Lipinski definition) is 4. The molecule has 3 aromatic rings. The number of carbonyl (C=O) groups is 1. The second-order valence-corrected chi connectivity index (χ2v) is 5.61. The minimum Gasteiger partial charge on any atom is -0.497 e. The number of nitrogens with zero attached hydrogens (tertiary/aromatic N) is 1. The Morgan fingerprint density at radius 3 is 2.56 bits per heavy atom. The molecule has 1 amide bonds. The number of aromatic nitrogens is 1. The SMILES string of the molecule is COc1cccc(C(=O)Nc2ccc(Nc3cccc(C)c3)cn2)c1. The summed E-state index contributed by atoms with van der Waals surface area (Å²) in [6.07, 6.45) is 1.68. The number of hydrogen-bond donors (Lipinski definition) is 2. The van der Waals surface area contributed by atoms with Crippen LogP contribution in [-0.4, -0.2) is 18.0 Å². The highest BCUT2D eigenvalue weighted by atomic mass is 16.5. The first kappa shape index (κ1) is 16.5. The van der Waals surface area contributed by atoms with Gasteiger partial charge in [0.1, 0.15) is 11.6 Å². The molecule has 1 heterocycles. The third-order valence-electron chi connectivity index (χ3n) is 3.64. The lowest BCUT2D eigenvalue weighted by Crippen LogP contribution is -2.12. The number of nitrogens with one attached hydrogen (secondary N) is 2. The predicted molar refractivity (Wildman–Crippen MR) is 99.6 cm³/mol. The summed E-state index contributed by atoms with van der Waals surface area (Å²) in [4.78, 5) is 16.6. The molecule has 0 aliphatic carbocycles. The summed E-state index contributed by atoms with van der Waals surface area (Å²) in [6.45, 7) is 2.04. The van der Waals surface area contributed by atoms with Gasteiger partial charge in [-0.25, -0.2) is 4.98 Å². The van der Waals surface area contributed by atoms with Crippen molar-refractivity contribution in [2.75, 3.05) is 17.7 Å². The first-order chi connectivity index (χ1) is 12.1. The quantitative estimate of drug-likeness (QED) is 0.727. The van der Waals surface area contributed by atoms with Crippen LogP contribution < -0.4 is 15.4 Å². The summed E-state index contributed by atoms with van der Waals surface area (Å²) >= 11 is 0. The highest BCUT2D eigenvalue weighted by Crippen LogP contribution is 2.19. The lowest BCUT2D eigenvalue weighted by atomic mass is 10.2. The average Bonchev–Trinajstić information content (AvgIpc) is 2.63. The zero-order chi connectivity index (χ0) is 17.6. The van der Waals surface area contributed by atoms with Crippen LogP contribution in [-0.2, 0) is 0 Å². The maximum Gasteiger partial charge on any atom is 0.256 e. The van der Waals surface area contributed by atoms with Crippen molar-refractivity contribution in [2.24, 2.45) is 0 Å². The molecule has 0 atom stereocenters. The van der Waals surface area contributed by atoms with Gasteiger partial charge >= 0.3 is 0 Å². The zero-order valence-corrected chi connectivity index (χ0v) is 14.1. The number of amides is 1. The Labute approximate surface area is 146 Å². The van der Waals surface area contributed by atoms with E-state index in [1.54, 1.807) is 43.6 Å². The van der Waals surface area contributed by atoms with Gasteiger partial charge in [0.25, 0.3) is 5.91 Å². The van der Waals surface area contributed by atoms with Gasteiger partial charge < -0.3 is 15.4 Å². The Morgan fingerprint density at radius 2 is 1.84 bits per heavy atom. The number of aryl methyl sites for hydroxylation is 1. The Morgan fingerprint density at radius 1 is 1.00 bits per heavy atom. The van der Waals surface area contributed by atoms with Gasteiger partial charge in [0.05, 0.1) is 19.0 Å². The fraction of sp³-hybridized carbons (Fsp3) is 0.100. The van der Waals surface area contributed by atoms with Crippen LogP contribution in [0.1, 0.15) is 15.9 Å². The van der Waals surface area contributed by atoms with Crippen molar-refractivity contribution >= 4 is 23.1 Å². The van der Waals surface area contributed by atoms with Gasteiger partial charge in [-0.2, -0.15) is 0 Å². The van der Waals surface area contributed by atoms with Crippen LogP contribution in [0.2, 0.25) is 0 Å². The molecule has 5 nitrogen and oxygen atoms in total. The number of benzene rings is 2. The molecule has 5 heteroatoms. The predicted octanol–water partition coefficient (Wildman–Crippen LogP) is 4.39. The van der Waals surface area contributed by atoms with Crippen molar-refractivity contribution in [2.45, 2.75) is 6.92 Å². The second-order valence-electron chi connectivity index (χ2n) is 5.61. The van der Waals surface area contributed by atoms with Gasteiger partial charge in [0, 0.05) is 11.3 Å². The largest absolute Gasteiger partial charge is 0.497 e. The highest BCUT2D eigenvalue weighted by molar-refractivity contribution is 6.04. The van der Waals surface area contributed by atoms with Crippen molar-refractivity contribution < 1.29 is 9.53 Å². The van der Waals surface area contributed by atoms with E-state index in [1.807, 2.05) is 31.2 Å². The number of methoxy groups -OCH3 is 1. The number of carbonyl (C=O) groups excluding carboxylic acids is 1. The summed E-state index contributed by atoms with van der Waals surface area (Å²) in [6, 6.07) is 18.7. The average molecular weight is 333 g/mol. The summed E-state index contributed by atoms with van der Waals surface area (Å²) in [5, 5.41) is 6.06. The molecule has 0 aliphatic rings. The number of rotatable bonds is 5. The molecule has 0 radical (unpaired) electrons. The molecule has 126 valence electrons. The van der Waals surface area contributed by atoms with E-state index in [0.717, 1.165) is 11.4 Å². The van der Waals surface area contributed by atoms with Crippen molar-refractivity contribution in [1.29, 1.82) is 0 Å². The maximum absolute atomic E-state index is 12.3. The van der Waals surface area contributed by atoms with Crippen LogP contribution in [0.5, 0.6) is 5.75 Å². The summed E-state index contributed by atoms with van der Waals surface area (Å²) in [7, 11) is 1.57. The molecule has 2 N–H and O–H groups in total. The van der Waals surface area contributed by atoms with E-state index in [1.165, 1.54) is 5.56 Å². The Balaban J connectivity index is 1.66. The molecule has 25 heavy (non-hydrogen) atoms. The Hall–Kier alpha value is -3.34. The number of pyridine rings is 1. The molecule has 3 rings (SSSR count). The molecule has 0 saturated carbocycles. The van der Waals surface area contributed by atoms with E-state index in [4.69, 9.17) is 4.74 Å². The molecule has 0 fully saturated rings. The molecule has 0 unspecified atom stereocenters. The Bertz CT molecular complexity index is 876. The minimum atomic E-state index is -0.231. The van der Waals surface area contributed by atoms with Gasteiger partial charge in [-0.05, 0) is 55.0 Å². The van der Waals surface area contributed by atoms with Gasteiger partial charge in [-0.15, -0.1) is 0 Å². The van der Waals surface area contributed by atoms with Crippen molar-refractivity contribution in [3.05, 3.63) is 78.0 Å². The van der Waals surface area contributed by atoms with E-state index in [0.29, 0.717) is 17.1 Å².